The fourth-order valence-corrected chi connectivity index (χ4v) is 3.37. The molecule has 0 spiro atoms. The summed E-state index contributed by atoms with van der Waals surface area (Å²) in [5, 5.41) is 0.626. The van der Waals surface area contributed by atoms with E-state index in [1.165, 1.54) is 25.3 Å². The molecule has 2 rings (SSSR count). The van der Waals surface area contributed by atoms with Crippen molar-refractivity contribution in [1.29, 1.82) is 0 Å². The molecule has 4 nitrogen and oxygen atoms in total. The van der Waals surface area contributed by atoms with Crippen molar-refractivity contribution < 1.29 is 13.2 Å². The fourth-order valence-electron chi connectivity index (χ4n) is 1.76. The largest absolute Gasteiger partial charge is 0.495 e. The number of halogens is 2. The van der Waals surface area contributed by atoms with Crippen LogP contribution in [-0.2, 0) is 10.0 Å². The third-order valence-corrected chi connectivity index (χ3v) is 4.92. The summed E-state index contributed by atoms with van der Waals surface area (Å²) in [5.41, 5.74) is 1.14. The minimum Gasteiger partial charge on any atom is -0.495 e. The van der Waals surface area contributed by atoms with Crippen LogP contribution in [0.1, 0.15) is 5.56 Å². The Balaban J connectivity index is 2.42. The average Bonchev–Trinajstić information content (AvgIpc) is 2.42. The number of ether oxygens (including phenoxy) is 1. The van der Waals surface area contributed by atoms with Gasteiger partial charge in [-0.25, -0.2) is 8.42 Å². The molecule has 112 valence electrons. The maximum absolute atomic E-state index is 12.5. The lowest BCUT2D eigenvalue weighted by Crippen LogP contribution is -2.14. The first kappa shape index (κ1) is 15.9. The highest BCUT2D eigenvalue weighted by atomic mass is 35.5. The molecule has 7 heteroatoms. The van der Waals surface area contributed by atoms with Gasteiger partial charge in [0.15, 0.2) is 0 Å². The smallest absolute Gasteiger partial charge is 0.265 e. The number of aryl methyl sites for hydroxylation is 1. The van der Waals surface area contributed by atoms with Crippen LogP contribution in [0.5, 0.6) is 5.75 Å². The third-order valence-electron chi connectivity index (χ3n) is 2.78. The Labute approximate surface area is 133 Å². The van der Waals surface area contributed by atoms with Crippen LogP contribution in [0.25, 0.3) is 0 Å². The molecule has 0 aliphatic heterocycles. The van der Waals surface area contributed by atoms with E-state index in [1.807, 2.05) is 0 Å². The number of rotatable bonds is 4. The molecule has 0 heterocycles. The minimum atomic E-state index is -3.78. The van der Waals surface area contributed by atoms with Crippen LogP contribution >= 0.6 is 23.2 Å². The molecule has 1 N–H and O–H groups in total. The zero-order chi connectivity index (χ0) is 15.6. The van der Waals surface area contributed by atoms with Gasteiger partial charge in [-0.1, -0.05) is 29.3 Å². The van der Waals surface area contributed by atoms with E-state index in [0.717, 1.165) is 5.56 Å². The Morgan fingerprint density at radius 2 is 1.76 bits per heavy atom. The first-order valence-corrected chi connectivity index (χ1v) is 8.20. The van der Waals surface area contributed by atoms with Crippen molar-refractivity contribution in [1.82, 2.24) is 0 Å². The second-order valence-corrected chi connectivity index (χ2v) is 6.85. The van der Waals surface area contributed by atoms with E-state index in [9.17, 15) is 8.42 Å². The van der Waals surface area contributed by atoms with Gasteiger partial charge < -0.3 is 4.74 Å². The van der Waals surface area contributed by atoms with Crippen molar-refractivity contribution in [3.63, 3.8) is 0 Å². The third kappa shape index (κ3) is 3.61. The lowest BCUT2D eigenvalue weighted by molar-refractivity contribution is 0.402. The molecule has 0 unspecified atom stereocenters. The molecular formula is C14H13Cl2NO3S. The molecule has 0 saturated carbocycles. The van der Waals surface area contributed by atoms with Gasteiger partial charge in [0.2, 0.25) is 0 Å². The monoisotopic (exact) mass is 345 g/mol. The summed E-state index contributed by atoms with van der Waals surface area (Å²) >= 11 is 11.7. The Morgan fingerprint density at radius 1 is 1.05 bits per heavy atom. The first-order valence-electron chi connectivity index (χ1n) is 5.96. The lowest BCUT2D eigenvalue weighted by atomic mass is 10.2. The van der Waals surface area contributed by atoms with Gasteiger partial charge in [0.05, 0.1) is 22.8 Å². The Hall–Kier alpha value is -1.43. The van der Waals surface area contributed by atoms with E-state index in [0.29, 0.717) is 10.7 Å². The normalized spacial score (nSPS) is 11.2. The molecule has 0 radical (unpaired) electrons. The summed E-state index contributed by atoms with van der Waals surface area (Å²) in [7, 11) is -2.37. The summed E-state index contributed by atoms with van der Waals surface area (Å²) in [6.07, 6.45) is 0. The van der Waals surface area contributed by atoms with Gasteiger partial charge in [-0.05, 0) is 42.8 Å². The van der Waals surface area contributed by atoms with E-state index in [4.69, 9.17) is 27.9 Å². The number of hydrogen-bond donors (Lipinski definition) is 1. The van der Waals surface area contributed by atoms with Crippen molar-refractivity contribution in [3.05, 3.63) is 52.0 Å². The number of methoxy groups -OCH3 is 1. The number of nitrogens with one attached hydrogen (secondary N) is 1. The molecule has 2 aromatic carbocycles. The van der Waals surface area contributed by atoms with E-state index in [-0.39, 0.29) is 15.7 Å². The molecule has 0 aliphatic rings. The van der Waals surface area contributed by atoms with E-state index >= 15 is 0 Å². The molecule has 2 aromatic rings. The SMILES string of the molecule is COc1ccc(C)cc1S(=O)(=O)Nc1ccc(Cl)c(Cl)c1. The molecule has 0 aromatic heterocycles. The average molecular weight is 346 g/mol. The van der Waals surface area contributed by atoms with Crippen LogP contribution in [-0.4, -0.2) is 15.5 Å². The van der Waals surface area contributed by atoms with Gasteiger partial charge in [-0.15, -0.1) is 0 Å². The number of sulfonamides is 1. The van der Waals surface area contributed by atoms with Gasteiger partial charge in [0, 0.05) is 0 Å². The van der Waals surface area contributed by atoms with Gasteiger partial charge >= 0.3 is 0 Å². The molecule has 0 aliphatic carbocycles. The van der Waals surface area contributed by atoms with E-state index < -0.39 is 10.0 Å². The number of benzene rings is 2. The van der Waals surface area contributed by atoms with E-state index in [1.54, 1.807) is 25.1 Å². The van der Waals surface area contributed by atoms with Gasteiger partial charge in [0.25, 0.3) is 10.0 Å². The molecule has 0 amide bonds. The van der Waals surface area contributed by atoms with Crippen LogP contribution < -0.4 is 9.46 Å². The highest BCUT2D eigenvalue weighted by Gasteiger charge is 2.20. The maximum Gasteiger partial charge on any atom is 0.265 e. The van der Waals surface area contributed by atoms with Crippen LogP contribution in [0.2, 0.25) is 10.0 Å². The molecule has 21 heavy (non-hydrogen) atoms. The van der Waals surface area contributed by atoms with Crippen molar-refractivity contribution in [2.24, 2.45) is 0 Å². The highest BCUT2D eigenvalue weighted by molar-refractivity contribution is 7.92. The summed E-state index contributed by atoms with van der Waals surface area (Å²) in [5.74, 6) is 0.271. The van der Waals surface area contributed by atoms with Crippen LogP contribution in [0.4, 0.5) is 5.69 Å². The molecule has 0 fully saturated rings. The summed E-state index contributed by atoms with van der Waals surface area (Å²) < 4.78 is 32.5. The van der Waals surface area contributed by atoms with Crippen molar-refractivity contribution >= 4 is 38.9 Å². The van der Waals surface area contributed by atoms with E-state index in [2.05, 4.69) is 4.72 Å². The molecule has 0 atom stereocenters. The second-order valence-electron chi connectivity index (χ2n) is 4.39. The Morgan fingerprint density at radius 3 is 2.38 bits per heavy atom. The van der Waals surface area contributed by atoms with Crippen molar-refractivity contribution in [2.45, 2.75) is 11.8 Å². The zero-order valence-corrected chi connectivity index (χ0v) is 13.7. The second kappa shape index (κ2) is 6.13. The first-order chi connectivity index (χ1) is 9.83. The lowest BCUT2D eigenvalue weighted by Gasteiger charge is -2.12. The standard InChI is InChI=1S/C14H13Cl2NO3S/c1-9-3-6-13(20-2)14(7-9)21(18,19)17-10-4-5-11(15)12(16)8-10/h3-8,17H,1-2H3. The maximum atomic E-state index is 12.5. The fraction of sp³-hybridized carbons (Fsp3) is 0.143. The molecular weight excluding hydrogens is 333 g/mol. The van der Waals surface area contributed by atoms with Crippen LogP contribution in [0.15, 0.2) is 41.3 Å². The number of hydrogen-bond acceptors (Lipinski definition) is 3. The van der Waals surface area contributed by atoms with Crippen molar-refractivity contribution in [3.8, 4) is 5.75 Å². The van der Waals surface area contributed by atoms with Crippen LogP contribution in [0, 0.1) is 6.92 Å². The topological polar surface area (TPSA) is 55.4 Å². The predicted octanol–water partition coefficient (Wildman–Crippen LogP) is 4.11. The summed E-state index contributed by atoms with van der Waals surface area (Å²) in [6.45, 7) is 1.80. The highest BCUT2D eigenvalue weighted by Crippen LogP contribution is 2.29. The quantitative estimate of drug-likeness (QED) is 0.906. The molecule has 0 saturated heterocycles. The zero-order valence-electron chi connectivity index (χ0n) is 11.4. The summed E-state index contributed by atoms with van der Waals surface area (Å²) in [6, 6.07) is 9.43. The summed E-state index contributed by atoms with van der Waals surface area (Å²) in [4.78, 5) is 0.0658. The number of anilines is 1. The molecule has 0 bridgehead atoms. The Bertz CT molecular complexity index is 776. The van der Waals surface area contributed by atoms with Gasteiger partial charge in [-0.3, -0.25) is 4.72 Å². The minimum absolute atomic E-state index is 0.0658. The van der Waals surface area contributed by atoms with Gasteiger partial charge in [0.1, 0.15) is 10.6 Å². The van der Waals surface area contributed by atoms with Crippen LogP contribution in [0.3, 0.4) is 0 Å². The Kier molecular flexibility index (Phi) is 4.66. The predicted molar refractivity (Wildman–Crippen MR) is 85.0 cm³/mol. The van der Waals surface area contributed by atoms with Gasteiger partial charge in [-0.2, -0.15) is 0 Å². The van der Waals surface area contributed by atoms with Crippen molar-refractivity contribution in [2.75, 3.05) is 11.8 Å².